The van der Waals surface area contributed by atoms with E-state index in [2.05, 4.69) is 41.9 Å². The summed E-state index contributed by atoms with van der Waals surface area (Å²) in [6.07, 6.45) is 2.63. The molecule has 60 heavy (non-hydrogen) atoms. The number of aromatic nitrogens is 2. The van der Waals surface area contributed by atoms with Gasteiger partial charge in [0.1, 0.15) is 29.9 Å². The molecule has 1 aliphatic rings. The molecule has 2 aromatic rings. The van der Waals surface area contributed by atoms with Crippen molar-refractivity contribution in [3.63, 3.8) is 0 Å². The molecule has 1 aromatic heterocycles. The zero-order chi connectivity index (χ0) is 44.7. The normalized spacial score (nSPS) is 17.2. The molecule has 1 saturated heterocycles. The molecular formula is C39H58N10O11. The SMILES string of the molecule is CC[C@H](C)[C@H](NC(=O)CNC(=O)[C@H](Cc1ccc(O)cc1)NC(=O)CNC(=O)[C@@H]1CCCN1C(=O)[C@H](Cc1cnc[nH]1)NC(=O)[C@@H](N)C(C)C)C(=O)N[C@H](C(=O)O)[C@@H](C)O. The molecule has 330 valence electrons. The number of H-pyrrole nitrogens is 1. The van der Waals surface area contributed by atoms with Crippen LogP contribution in [-0.2, 0) is 51.2 Å². The van der Waals surface area contributed by atoms with Gasteiger partial charge in [0.15, 0.2) is 6.04 Å². The van der Waals surface area contributed by atoms with Crippen molar-refractivity contribution < 1.29 is 53.7 Å². The van der Waals surface area contributed by atoms with E-state index >= 15 is 0 Å². The van der Waals surface area contributed by atoms with Crippen molar-refractivity contribution >= 4 is 47.3 Å². The molecule has 1 fully saturated rings. The number of benzene rings is 1. The minimum absolute atomic E-state index is 0.0419. The van der Waals surface area contributed by atoms with E-state index in [0.29, 0.717) is 24.1 Å². The fourth-order valence-corrected chi connectivity index (χ4v) is 6.35. The molecule has 0 bridgehead atoms. The molecule has 0 spiro atoms. The highest BCUT2D eigenvalue weighted by Gasteiger charge is 2.39. The number of aliphatic hydroxyl groups excluding tert-OH is 1. The number of aliphatic carboxylic acids is 1. The topological polar surface area (TPSA) is 327 Å². The van der Waals surface area contributed by atoms with Crippen LogP contribution in [0, 0.1) is 11.8 Å². The van der Waals surface area contributed by atoms with Gasteiger partial charge in [-0.3, -0.25) is 33.6 Å². The molecule has 21 heteroatoms. The van der Waals surface area contributed by atoms with Crippen LogP contribution in [0.4, 0.5) is 0 Å². The highest BCUT2D eigenvalue weighted by atomic mass is 16.4. The number of nitrogens with one attached hydrogen (secondary N) is 7. The Morgan fingerprint density at radius 3 is 2.08 bits per heavy atom. The number of aliphatic hydroxyl groups is 1. The van der Waals surface area contributed by atoms with Gasteiger partial charge in [-0.2, -0.15) is 0 Å². The Morgan fingerprint density at radius 2 is 1.50 bits per heavy atom. The number of carbonyl (C=O) groups excluding carboxylic acids is 7. The minimum atomic E-state index is -1.63. The average molecular weight is 843 g/mol. The van der Waals surface area contributed by atoms with Gasteiger partial charge in [0, 0.05) is 31.3 Å². The number of aromatic amines is 1. The number of nitrogens with two attached hydrogens (primary N) is 1. The monoisotopic (exact) mass is 842 g/mol. The van der Waals surface area contributed by atoms with E-state index in [0.717, 1.165) is 0 Å². The molecule has 1 aliphatic heterocycles. The molecule has 3 rings (SSSR count). The number of imidazole rings is 1. The summed E-state index contributed by atoms with van der Waals surface area (Å²) < 4.78 is 0. The predicted molar refractivity (Wildman–Crippen MR) is 214 cm³/mol. The van der Waals surface area contributed by atoms with Crippen molar-refractivity contribution in [3.8, 4) is 5.75 Å². The summed E-state index contributed by atoms with van der Waals surface area (Å²) >= 11 is 0. The van der Waals surface area contributed by atoms with Gasteiger partial charge in [-0.25, -0.2) is 9.78 Å². The van der Waals surface area contributed by atoms with Gasteiger partial charge in [-0.1, -0.05) is 46.2 Å². The third-order valence-corrected chi connectivity index (χ3v) is 10.2. The number of hydrogen-bond donors (Lipinski definition) is 11. The number of phenols is 1. The van der Waals surface area contributed by atoms with Gasteiger partial charge >= 0.3 is 5.97 Å². The van der Waals surface area contributed by atoms with Crippen molar-refractivity contribution in [3.05, 3.63) is 48.0 Å². The zero-order valence-corrected chi connectivity index (χ0v) is 34.4. The molecule has 0 radical (unpaired) electrons. The number of hydrogen-bond acceptors (Lipinski definition) is 12. The number of nitrogens with zero attached hydrogens (tertiary/aromatic N) is 2. The first-order valence-corrected chi connectivity index (χ1v) is 19.8. The number of carboxylic acid groups (broad SMARTS) is 1. The number of likely N-dealkylation sites (tertiary alicyclic amines) is 1. The third kappa shape index (κ3) is 14.3. The van der Waals surface area contributed by atoms with Gasteiger partial charge in [0.2, 0.25) is 41.4 Å². The summed E-state index contributed by atoms with van der Waals surface area (Å²) in [6.45, 7) is 7.10. The zero-order valence-electron chi connectivity index (χ0n) is 34.4. The van der Waals surface area contributed by atoms with Crippen molar-refractivity contribution in [1.82, 2.24) is 46.8 Å². The largest absolute Gasteiger partial charge is 0.508 e. The first kappa shape index (κ1) is 48.3. The number of amides is 7. The fraction of sp³-hybridized carbons (Fsp3) is 0.564. The molecule has 21 nitrogen and oxygen atoms in total. The minimum Gasteiger partial charge on any atom is -0.508 e. The van der Waals surface area contributed by atoms with E-state index in [9.17, 15) is 53.7 Å². The Morgan fingerprint density at radius 1 is 0.850 bits per heavy atom. The maximum Gasteiger partial charge on any atom is 0.328 e. The fourth-order valence-electron chi connectivity index (χ4n) is 6.35. The van der Waals surface area contributed by atoms with Gasteiger partial charge in [0.25, 0.3) is 0 Å². The van der Waals surface area contributed by atoms with Crippen LogP contribution < -0.4 is 37.6 Å². The average Bonchev–Trinajstić information content (AvgIpc) is 3.92. The highest BCUT2D eigenvalue weighted by molar-refractivity contribution is 5.96. The lowest BCUT2D eigenvalue weighted by molar-refractivity contribution is -0.145. The van der Waals surface area contributed by atoms with Gasteiger partial charge in [-0.05, 0) is 49.3 Å². The molecule has 2 heterocycles. The molecule has 0 aliphatic carbocycles. The van der Waals surface area contributed by atoms with E-state index in [-0.39, 0.29) is 37.5 Å². The molecule has 0 unspecified atom stereocenters. The van der Waals surface area contributed by atoms with Crippen LogP contribution in [0.1, 0.15) is 65.1 Å². The lowest BCUT2D eigenvalue weighted by Gasteiger charge is -2.29. The maximum atomic E-state index is 13.8. The Labute approximate surface area is 347 Å². The summed E-state index contributed by atoms with van der Waals surface area (Å²) in [5.41, 5.74) is 7.12. The standard InChI is InChI=1S/C39H58N10O11/c1-6-21(4)32(37(57)48-33(22(5)50)39(59)60)47-30(53)18-42-34(54)26(14-23-9-11-25(51)12-10-23)45-29(52)17-43-35(55)28-8-7-13-49(28)38(58)27(15-24-16-41-19-44-24)46-36(56)31(40)20(2)3/h9-12,16,19-22,26-28,31-33,50-51H,6-8,13-15,17-18,40H2,1-5H3,(H,41,44)(H,42,54)(H,43,55)(H,45,52)(H,46,56)(H,47,53)(H,48,57)(H,59,60)/t21-,22+,26-,27-,28-,31-,32-,33-/m0/s1. The highest BCUT2D eigenvalue weighted by Crippen LogP contribution is 2.20. The summed E-state index contributed by atoms with van der Waals surface area (Å²) in [4.78, 5) is 113. The number of carboxylic acids is 1. The van der Waals surface area contributed by atoms with Crippen LogP contribution in [0.3, 0.4) is 0 Å². The van der Waals surface area contributed by atoms with Crippen LogP contribution >= 0.6 is 0 Å². The lowest BCUT2D eigenvalue weighted by atomic mass is 9.97. The second-order valence-corrected chi connectivity index (χ2v) is 15.2. The van der Waals surface area contributed by atoms with Crippen LogP contribution in [-0.4, -0.2) is 139 Å². The molecule has 12 N–H and O–H groups in total. The quantitative estimate of drug-likeness (QED) is 0.0588. The Balaban J connectivity index is 1.67. The number of phenolic OH excluding ortho intramolecular Hbond substituents is 1. The van der Waals surface area contributed by atoms with Crippen LogP contribution in [0.2, 0.25) is 0 Å². The number of rotatable bonds is 22. The molecule has 1 aromatic carbocycles. The van der Waals surface area contributed by atoms with E-state index in [4.69, 9.17) is 5.73 Å². The van der Waals surface area contributed by atoms with Crippen molar-refractivity contribution in [2.75, 3.05) is 19.6 Å². The van der Waals surface area contributed by atoms with Crippen molar-refractivity contribution in [1.29, 1.82) is 0 Å². The van der Waals surface area contributed by atoms with Gasteiger partial charge < -0.3 is 62.8 Å². The smallest absolute Gasteiger partial charge is 0.328 e. The second kappa shape index (κ2) is 22.9. The number of carbonyl (C=O) groups is 8. The molecule has 0 saturated carbocycles. The van der Waals surface area contributed by atoms with E-state index in [1.165, 1.54) is 48.6 Å². The van der Waals surface area contributed by atoms with E-state index in [1.807, 2.05) is 0 Å². The second-order valence-electron chi connectivity index (χ2n) is 15.2. The number of aromatic hydroxyl groups is 1. The summed E-state index contributed by atoms with van der Waals surface area (Å²) in [5.74, 6) is -7.14. The van der Waals surface area contributed by atoms with Gasteiger partial charge in [0.05, 0.1) is 31.6 Å². The summed E-state index contributed by atoms with van der Waals surface area (Å²) in [6, 6.07) is -1.26. The Bertz CT molecular complexity index is 1810. The lowest BCUT2D eigenvalue weighted by Crippen LogP contribution is -2.58. The van der Waals surface area contributed by atoms with Crippen LogP contribution in [0.15, 0.2) is 36.8 Å². The van der Waals surface area contributed by atoms with Crippen molar-refractivity contribution in [2.45, 2.75) is 109 Å². The Kier molecular flexibility index (Phi) is 18.4. The Hall–Kier alpha value is -6.09. The summed E-state index contributed by atoms with van der Waals surface area (Å²) in [5, 5.41) is 43.8. The molecular weight excluding hydrogens is 784 g/mol. The van der Waals surface area contributed by atoms with Gasteiger partial charge in [-0.15, -0.1) is 0 Å². The molecule has 7 amide bonds. The first-order chi connectivity index (χ1) is 28.3. The summed E-state index contributed by atoms with van der Waals surface area (Å²) in [7, 11) is 0. The maximum absolute atomic E-state index is 13.8. The first-order valence-electron chi connectivity index (χ1n) is 19.8. The predicted octanol–water partition coefficient (Wildman–Crippen LogP) is -2.44. The van der Waals surface area contributed by atoms with E-state index in [1.54, 1.807) is 27.7 Å². The van der Waals surface area contributed by atoms with Crippen LogP contribution in [0.25, 0.3) is 0 Å². The third-order valence-electron chi connectivity index (χ3n) is 10.2. The van der Waals surface area contributed by atoms with Crippen molar-refractivity contribution in [2.24, 2.45) is 17.6 Å². The van der Waals surface area contributed by atoms with Crippen LogP contribution in [0.5, 0.6) is 5.75 Å². The molecule has 8 atom stereocenters. The van der Waals surface area contributed by atoms with E-state index < -0.39 is 109 Å².